The van der Waals surface area contributed by atoms with Crippen molar-refractivity contribution in [3.05, 3.63) is 0 Å². The monoisotopic (exact) mass is 267 g/mol. The Morgan fingerprint density at radius 1 is 1.37 bits per heavy atom. The average molecular weight is 267 g/mol. The van der Waals surface area contributed by atoms with Gasteiger partial charge in [0, 0.05) is 13.0 Å². The third kappa shape index (κ3) is 2.74. The number of carbonyl (C=O) groups is 4. The molecule has 0 aliphatic carbocycles. The number of carbonyl (C=O) groups excluding carboxylic acids is 4. The SMILES string of the molecule is CCC1C(=O)NC(=O)CN1C(=O)CN1CCCC1=O. The summed E-state index contributed by atoms with van der Waals surface area (Å²) in [5.74, 6) is -1.31. The molecule has 4 amide bonds. The summed E-state index contributed by atoms with van der Waals surface area (Å²) < 4.78 is 0. The van der Waals surface area contributed by atoms with Crippen molar-refractivity contribution in [1.29, 1.82) is 0 Å². The summed E-state index contributed by atoms with van der Waals surface area (Å²) in [7, 11) is 0. The standard InChI is InChI=1S/C12H17N3O4/c1-2-8-12(19)13-9(16)6-15(8)11(18)7-14-5-3-4-10(14)17/h8H,2-7H2,1H3,(H,13,16,19). The van der Waals surface area contributed by atoms with E-state index in [1.54, 1.807) is 6.92 Å². The molecule has 0 aromatic rings. The molecule has 2 rings (SSSR count). The van der Waals surface area contributed by atoms with Gasteiger partial charge in [-0.05, 0) is 12.8 Å². The van der Waals surface area contributed by atoms with Gasteiger partial charge in [0.2, 0.25) is 23.6 Å². The minimum atomic E-state index is -0.622. The molecule has 1 atom stereocenters. The Labute approximate surface area is 110 Å². The van der Waals surface area contributed by atoms with E-state index in [0.717, 1.165) is 6.42 Å². The van der Waals surface area contributed by atoms with Gasteiger partial charge < -0.3 is 9.80 Å². The van der Waals surface area contributed by atoms with E-state index in [2.05, 4.69) is 5.32 Å². The molecule has 0 aromatic heterocycles. The average Bonchev–Trinajstić information content (AvgIpc) is 2.74. The summed E-state index contributed by atoms with van der Waals surface area (Å²) in [6.07, 6.45) is 1.66. The summed E-state index contributed by atoms with van der Waals surface area (Å²) >= 11 is 0. The summed E-state index contributed by atoms with van der Waals surface area (Å²) in [4.78, 5) is 49.4. The predicted molar refractivity (Wildman–Crippen MR) is 64.8 cm³/mol. The lowest BCUT2D eigenvalue weighted by Gasteiger charge is -2.34. The van der Waals surface area contributed by atoms with Gasteiger partial charge in [0.05, 0.1) is 6.54 Å². The van der Waals surface area contributed by atoms with Crippen LogP contribution in [0.1, 0.15) is 26.2 Å². The Kier molecular flexibility index (Phi) is 3.82. The summed E-state index contributed by atoms with van der Waals surface area (Å²) in [5.41, 5.74) is 0. The van der Waals surface area contributed by atoms with Crippen LogP contribution in [-0.4, -0.2) is 59.1 Å². The maximum atomic E-state index is 12.2. The second kappa shape index (κ2) is 5.38. The highest BCUT2D eigenvalue weighted by Crippen LogP contribution is 2.13. The Hall–Kier alpha value is -1.92. The summed E-state index contributed by atoms with van der Waals surface area (Å²) in [6.45, 7) is 2.18. The third-order valence-corrected chi connectivity index (χ3v) is 3.46. The molecule has 1 N–H and O–H groups in total. The van der Waals surface area contributed by atoms with Gasteiger partial charge in [-0.15, -0.1) is 0 Å². The lowest BCUT2D eigenvalue weighted by atomic mass is 10.1. The fraction of sp³-hybridized carbons (Fsp3) is 0.667. The minimum Gasteiger partial charge on any atom is -0.333 e. The molecule has 2 heterocycles. The number of likely N-dealkylation sites (tertiary alicyclic amines) is 1. The molecule has 7 nitrogen and oxygen atoms in total. The van der Waals surface area contributed by atoms with E-state index in [1.165, 1.54) is 9.80 Å². The second-order valence-corrected chi connectivity index (χ2v) is 4.78. The van der Waals surface area contributed by atoms with E-state index in [1.807, 2.05) is 0 Å². The number of imide groups is 1. The van der Waals surface area contributed by atoms with Gasteiger partial charge >= 0.3 is 0 Å². The number of rotatable bonds is 3. The Morgan fingerprint density at radius 2 is 2.11 bits per heavy atom. The normalized spacial score (nSPS) is 23.8. The van der Waals surface area contributed by atoms with E-state index in [-0.39, 0.29) is 24.9 Å². The number of hydrogen-bond donors (Lipinski definition) is 1. The van der Waals surface area contributed by atoms with Crippen molar-refractivity contribution in [3.63, 3.8) is 0 Å². The van der Waals surface area contributed by atoms with E-state index >= 15 is 0 Å². The van der Waals surface area contributed by atoms with Crippen LogP contribution in [0.2, 0.25) is 0 Å². The minimum absolute atomic E-state index is 0.0457. The molecule has 2 aliphatic rings. The zero-order valence-electron chi connectivity index (χ0n) is 10.8. The number of amides is 4. The lowest BCUT2D eigenvalue weighted by molar-refractivity contribution is -0.151. The third-order valence-electron chi connectivity index (χ3n) is 3.46. The van der Waals surface area contributed by atoms with Gasteiger partial charge in [0.15, 0.2) is 0 Å². The first kappa shape index (κ1) is 13.5. The van der Waals surface area contributed by atoms with Crippen molar-refractivity contribution < 1.29 is 19.2 Å². The molecular weight excluding hydrogens is 250 g/mol. The van der Waals surface area contributed by atoms with Gasteiger partial charge in [-0.2, -0.15) is 0 Å². The summed E-state index contributed by atoms with van der Waals surface area (Å²) in [6, 6.07) is -0.622. The molecule has 1 unspecified atom stereocenters. The Bertz CT molecular complexity index is 435. The molecule has 2 aliphatic heterocycles. The Morgan fingerprint density at radius 3 is 2.68 bits per heavy atom. The smallest absolute Gasteiger partial charge is 0.249 e. The van der Waals surface area contributed by atoms with E-state index in [4.69, 9.17) is 0 Å². The molecule has 0 aromatic carbocycles. The highest BCUT2D eigenvalue weighted by Gasteiger charge is 2.36. The highest BCUT2D eigenvalue weighted by atomic mass is 16.2. The van der Waals surface area contributed by atoms with Gasteiger partial charge in [0.25, 0.3) is 0 Å². The first-order valence-corrected chi connectivity index (χ1v) is 6.44. The number of nitrogens with one attached hydrogen (secondary N) is 1. The topological polar surface area (TPSA) is 86.8 Å². The molecule has 19 heavy (non-hydrogen) atoms. The largest absolute Gasteiger partial charge is 0.333 e. The fourth-order valence-electron chi connectivity index (χ4n) is 2.46. The molecule has 0 spiro atoms. The van der Waals surface area contributed by atoms with Gasteiger partial charge in [0.1, 0.15) is 12.6 Å². The van der Waals surface area contributed by atoms with E-state index < -0.39 is 17.9 Å². The first-order chi connectivity index (χ1) is 9.02. The number of hydrogen-bond acceptors (Lipinski definition) is 4. The predicted octanol–water partition coefficient (Wildman–Crippen LogP) is -1.13. The molecule has 0 radical (unpaired) electrons. The van der Waals surface area contributed by atoms with Crippen molar-refractivity contribution in [3.8, 4) is 0 Å². The lowest BCUT2D eigenvalue weighted by Crippen LogP contribution is -2.60. The Balaban J connectivity index is 2.05. The quantitative estimate of drug-likeness (QED) is 0.656. The maximum Gasteiger partial charge on any atom is 0.249 e. The van der Waals surface area contributed by atoms with Gasteiger partial charge in [-0.1, -0.05) is 6.92 Å². The molecule has 104 valence electrons. The molecule has 0 saturated carbocycles. The van der Waals surface area contributed by atoms with Crippen LogP contribution in [0.4, 0.5) is 0 Å². The van der Waals surface area contributed by atoms with E-state index in [0.29, 0.717) is 19.4 Å². The van der Waals surface area contributed by atoms with Crippen molar-refractivity contribution >= 4 is 23.6 Å². The summed E-state index contributed by atoms with van der Waals surface area (Å²) in [5, 5.41) is 2.22. The van der Waals surface area contributed by atoms with Crippen LogP contribution >= 0.6 is 0 Å². The maximum absolute atomic E-state index is 12.2. The zero-order chi connectivity index (χ0) is 14.0. The van der Waals surface area contributed by atoms with Crippen LogP contribution in [0.3, 0.4) is 0 Å². The molecule has 2 fully saturated rings. The van der Waals surface area contributed by atoms with Crippen molar-refractivity contribution in [1.82, 2.24) is 15.1 Å². The zero-order valence-corrected chi connectivity index (χ0v) is 10.8. The van der Waals surface area contributed by atoms with Gasteiger partial charge in [-0.25, -0.2) is 0 Å². The fourth-order valence-corrected chi connectivity index (χ4v) is 2.46. The molecular formula is C12H17N3O4. The van der Waals surface area contributed by atoms with Crippen LogP contribution in [-0.2, 0) is 19.2 Å². The van der Waals surface area contributed by atoms with Crippen molar-refractivity contribution in [2.45, 2.75) is 32.2 Å². The van der Waals surface area contributed by atoms with Crippen molar-refractivity contribution in [2.24, 2.45) is 0 Å². The van der Waals surface area contributed by atoms with Crippen LogP contribution < -0.4 is 5.32 Å². The highest BCUT2D eigenvalue weighted by molar-refractivity contribution is 6.04. The van der Waals surface area contributed by atoms with Crippen LogP contribution in [0.5, 0.6) is 0 Å². The van der Waals surface area contributed by atoms with Crippen LogP contribution in [0, 0.1) is 0 Å². The molecule has 2 saturated heterocycles. The number of piperazine rings is 1. The van der Waals surface area contributed by atoms with Crippen LogP contribution in [0.15, 0.2) is 0 Å². The van der Waals surface area contributed by atoms with Gasteiger partial charge in [-0.3, -0.25) is 24.5 Å². The van der Waals surface area contributed by atoms with Crippen molar-refractivity contribution in [2.75, 3.05) is 19.6 Å². The van der Waals surface area contributed by atoms with Crippen LogP contribution in [0.25, 0.3) is 0 Å². The number of nitrogens with zero attached hydrogens (tertiary/aromatic N) is 2. The molecule has 0 bridgehead atoms. The van der Waals surface area contributed by atoms with E-state index in [9.17, 15) is 19.2 Å². The second-order valence-electron chi connectivity index (χ2n) is 4.78. The first-order valence-electron chi connectivity index (χ1n) is 6.44. The molecule has 7 heteroatoms.